The summed E-state index contributed by atoms with van der Waals surface area (Å²) < 4.78 is 31.8. The first-order valence-electron chi connectivity index (χ1n) is 8.03. The third kappa shape index (κ3) is 3.80. The van der Waals surface area contributed by atoms with Crippen LogP contribution in [0, 0.1) is 10.1 Å². The molecular weight excluding hydrogens is 394 g/mol. The maximum absolute atomic E-state index is 12.8. The van der Waals surface area contributed by atoms with Gasteiger partial charge in [-0.3, -0.25) is 14.9 Å². The molecule has 2 heterocycles. The minimum absolute atomic E-state index is 0.00817. The number of hydrogen-bond acceptors (Lipinski definition) is 7. The van der Waals surface area contributed by atoms with Crippen LogP contribution in [0.2, 0.25) is 0 Å². The predicted octanol–water partition coefficient (Wildman–Crippen LogP) is 2.46. The maximum Gasteiger partial charge on any atom is 0.296 e. The summed E-state index contributed by atoms with van der Waals surface area (Å²) in [6.07, 6.45) is 0.883. The molecule has 1 fully saturated rings. The zero-order valence-electron chi connectivity index (χ0n) is 14.3. The minimum Gasteiger partial charge on any atom is -0.496 e. The van der Waals surface area contributed by atoms with Crippen LogP contribution >= 0.6 is 11.3 Å². The number of hydrogen-bond donors (Lipinski definition) is 1. The van der Waals surface area contributed by atoms with Gasteiger partial charge in [0, 0.05) is 6.54 Å². The minimum atomic E-state index is -3.78. The molecule has 0 unspecified atom stereocenters. The summed E-state index contributed by atoms with van der Waals surface area (Å²) in [7, 11) is -2.40. The Hall–Kier alpha value is -2.50. The molecule has 1 N–H and O–H groups in total. The van der Waals surface area contributed by atoms with E-state index in [4.69, 9.17) is 4.74 Å². The summed E-state index contributed by atoms with van der Waals surface area (Å²) in [6, 6.07) is 6.24. The molecule has 3 rings (SSSR count). The molecule has 0 aliphatic carbocycles. The molecule has 0 spiro atoms. The number of sulfonamides is 1. The summed E-state index contributed by atoms with van der Waals surface area (Å²) in [5.74, 6) is -0.316. The van der Waals surface area contributed by atoms with Crippen molar-refractivity contribution in [3.05, 3.63) is 45.8 Å². The fourth-order valence-corrected chi connectivity index (χ4v) is 5.70. The van der Waals surface area contributed by atoms with Crippen molar-refractivity contribution in [2.24, 2.45) is 0 Å². The Morgan fingerprint density at radius 3 is 2.81 bits per heavy atom. The normalized spacial score (nSPS) is 17.6. The van der Waals surface area contributed by atoms with Crippen LogP contribution in [0.25, 0.3) is 0 Å². The van der Waals surface area contributed by atoms with Gasteiger partial charge >= 0.3 is 0 Å². The van der Waals surface area contributed by atoms with Gasteiger partial charge in [0.1, 0.15) is 21.7 Å². The van der Waals surface area contributed by atoms with Crippen LogP contribution in [0.4, 0.5) is 11.4 Å². The number of benzene rings is 1. The Balaban J connectivity index is 1.85. The molecule has 2 aromatic rings. The van der Waals surface area contributed by atoms with Gasteiger partial charge in [-0.1, -0.05) is 6.07 Å². The van der Waals surface area contributed by atoms with Crippen molar-refractivity contribution >= 4 is 38.6 Å². The molecule has 0 saturated carbocycles. The van der Waals surface area contributed by atoms with Crippen molar-refractivity contribution in [1.82, 2.24) is 4.31 Å². The van der Waals surface area contributed by atoms with Crippen LogP contribution in [-0.2, 0) is 14.8 Å². The molecular formula is C16H17N3O6S2. The van der Waals surface area contributed by atoms with E-state index in [2.05, 4.69) is 5.32 Å². The lowest BCUT2D eigenvalue weighted by molar-refractivity contribution is -0.384. The number of rotatable bonds is 6. The SMILES string of the molecule is COc1ccc(NC(=O)[C@H]2CCCN2S(=O)(=O)c2cccs2)c([N+](=O)[O-])c1. The molecule has 11 heteroatoms. The van der Waals surface area contributed by atoms with Crippen LogP contribution in [-0.4, -0.2) is 43.2 Å². The average Bonchev–Trinajstić information content (AvgIpc) is 3.34. The molecule has 1 aliphatic heterocycles. The Kier molecular flexibility index (Phi) is 5.44. The van der Waals surface area contributed by atoms with Gasteiger partial charge in [0.2, 0.25) is 5.91 Å². The van der Waals surface area contributed by atoms with E-state index in [0.29, 0.717) is 12.8 Å². The number of nitro benzene ring substituents is 1. The second-order valence-electron chi connectivity index (χ2n) is 5.84. The molecule has 1 saturated heterocycles. The van der Waals surface area contributed by atoms with Gasteiger partial charge in [0.25, 0.3) is 15.7 Å². The number of nitro groups is 1. The van der Waals surface area contributed by atoms with Crippen molar-refractivity contribution in [3.8, 4) is 5.75 Å². The highest BCUT2D eigenvalue weighted by Gasteiger charge is 2.40. The standard InChI is InChI=1S/C16H17N3O6S2/c1-25-11-6-7-12(14(10-11)19(21)22)17-16(20)13-4-2-8-18(13)27(23,24)15-5-3-9-26-15/h3,5-7,9-10,13H,2,4,8H2,1H3,(H,17,20)/t13-/m1/s1. The van der Waals surface area contributed by atoms with Crippen molar-refractivity contribution in [1.29, 1.82) is 0 Å². The third-order valence-electron chi connectivity index (χ3n) is 4.22. The fourth-order valence-electron chi connectivity index (χ4n) is 2.93. The highest BCUT2D eigenvalue weighted by Crippen LogP contribution is 2.32. The van der Waals surface area contributed by atoms with Gasteiger partial charge in [-0.15, -0.1) is 11.3 Å². The third-order valence-corrected chi connectivity index (χ3v) is 7.51. The lowest BCUT2D eigenvalue weighted by atomic mass is 10.2. The number of thiophene rings is 1. The van der Waals surface area contributed by atoms with Crippen LogP contribution in [0.1, 0.15) is 12.8 Å². The molecule has 0 radical (unpaired) electrons. The van der Waals surface area contributed by atoms with Gasteiger partial charge in [-0.05, 0) is 36.4 Å². The zero-order valence-corrected chi connectivity index (χ0v) is 16.0. The van der Waals surface area contributed by atoms with E-state index in [9.17, 15) is 23.3 Å². The van der Waals surface area contributed by atoms with E-state index in [0.717, 1.165) is 15.6 Å². The Morgan fingerprint density at radius 2 is 2.19 bits per heavy atom. The number of carbonyl (C=O) groups is 1. The predicted molar refractivity (Wildman–Crippen MR) is 99.5 cm³/mol. The number of amides is 1. The van der Waals surface area contributed by atoms with Crippen molar-refractivity contribution in [3.63, 3.8) is 0 Å². The molecule has 1 aromatic heterocycles. The van der Waals surface area contributed by atoms with E-state index in [-0.39, 0.29) is 27.9 Å². The van der Waals surface area contributed by atoms with Crippen molar-refractivity contribution in [2.75, 3.05) is 19.0 Å². The summed E-state index contributed by atoms with van der Waals surface area (Å²) in [4.78, 5) is 23.3. The molecule has 1 atom stereocenters. The Morgan fingerprint density at radius 1 is 1.41 bits per heavy atom. The first-order valence-corrected chi connectivity index (χ1v) is 10.3. The quantitative estimate of drug-likeness (QED) is 0.576. The first kappa shape index (κ1) is 19.3. The molecule has 9 nitrogen and oxygen atoms in total. The van der Waals surface area contributed by atoms with Crippen LogP contribution in [0.3, 0.4) is 0 Å². The summed E-state index contributed by atoms with van der Waals surface area (Å²) >= 11 is 1.08. The summed E-state index contributed by atoms with van der Waals surface area (Å²) in [5, 5.41) is 15.4. The van der Waals surface area contributed by atoms with Gasteiger partial charge in [0.15, 0.2) is 0 Å². The van der Waals surface area contributed by atoms with Gasteiger partial charge in [0.05, 0.1) is 18.1 Å². The second-order valence-corrected chi connectivity index (χ2v) is 8.90. The summed E-state index contributed by atoms with van der Waals surface area (Å²) in [5.41, 5.74) is -0.334. The van der Waals surface area contributed by atoms with E-state index in [1.165, 1.54) is 31.4 Å². The molecule has 1 amide bonds. The maximum atomic E-state index is 12.8. The van der Waals surface area contributed by atoms with Crippen molar-refractivity contribution in [2.45, 2.75) is 23.1 Å². The van der Waals surface area contributed by atoms with E-state index in [1.54, 1.807) is 11.4 Å². The van der Waals surface area contributed by atoms with Gasteiger partial charge < -0.3 is 10.1 Å². The second kappa shape index (κ2) is 7.62. The van der Waals surface area contributed by atoms with Gasteiger partial charge in [-0.2, -0.15) is 4.31 Å². The highest BCUT2D eigenvalue weighted by molar-refractivity contribution is 7.91. The van der Waals surface area contributed by atoms with E-state index in [1.807, 2.05) is 0 Å². The number of nitrogens with one attached hydrogen (secondary N) is 1. The first-order chi connectivity index (χ1) is 12.8. The van der Waals surface area contributed by atoms with Crippen LogP contribution in [0.5, 0.6) is 5.75 Å². The number of carbonyl (C=O) groups excluding carboxylic acids is 1. The van der Waals surface area contributed by atoms with E-state index >= 15 is 0 Å². The number of nitrogens with zero attached hydrogens (tertiary/aromatic N) is 2. The Bertz CT molecular complexity index is 959. The lowest BCUT2D eigenvalue weighted by Crippen LogP contribution is -2.42. The largest absolute Gasteiger partial charge is 0.496 e. The van der Waals surface area contributed by atoms with E-state index < -0.39 is 26.9 Å². The van der Waals surface area contributed by atoms with Crippen molar-refractivity contribution < 1.29 is 22.9 Å². The molecule has 0 bridgehead atoms. The monoisotopic (exact) mass is 411 g/mol. The highest BCUT2D eigenvalue weighted by atomic mass is 32.2. The smallest absolute Gasteiger partial charge is 0.296 e. The fraction of sp³-hybridized carbons (Fsp3) is 0.312. The van der Waals surface area contributed by atoms with Gasteiger partial charge in [-0.25, -0.2) is 8.42 Å². The Labute approximate surface area is 159 Å². The molecule has 27 heavy (non-hydrogen) atoms. The topological polar surface area (TPSA) is 119 Å². The van der Waals surface area contributed by atoms with Crippen LogP contribution in [0.15, 0.2) is 39.9 Å². The number of anilines is 1. The summed E-state index contributed by atoms with van der Waals surface area (Å²) in [6.45, 7) is 0.225. The zero-order chi connectivity index (χ0) is 19.6. The average molecular weight is 411 g/mol. The number of ether oxygens (including phenoxy) is 1. The van der Waals surface area contributed by atoms with Crippen LogP contribution < -0.4 is 10.1 Å². The molecule has 144 valence electrons. The molecule has 1 aromatic carbocycles. The number of methoxy groups -OCH3 is 1. The molecule has 1 aliphatic rings. The lowest BCUT2D eigenvalue weighted by Gasteiger charge is -2.22.